The van der Waals surface area contributed by atoms with E-state index in [4.69, 9.17) is 0 Å². The molecular formula is C13H15Br2NO. The fraction of sp³-hybridized carbons (Fsp3) is 0.462. The van der Waals surface area contributed by atoms with Gasteiger partial charge < -0.3 is 5.11 Å². The zero-order valence-electron chi connectivity index (χ0n) is 9.50. The molecule has 0 aromatic carbocycles. The average Bonchev–Trinajstić information content (AvgIpc) is 2.56. The van der Waals surface area contributed by atoms with Crippen LogP contribution < -0.4 is 0 Å². The second-order valence-electron chi connectivity index (χ2n) is 4.30. The number of pyridine rings is 1. The normalized spacial score (nSPS) is 18.4. The molecule has 0 radical (unpaired) electrons. The van der Waals surface area contributed by atoms with Crippen molar-refractivity contribution in [3.63, 3.8) is 0 Å². The van der Waals surface area contributed by atoms with E-state index in [-0.39, 0.29) is 0 Å². The molecule has 1 aromatic rings. The number of hydrogen-bond acceptors (Lipinski definition) is 2. The topological polar surface area (TPSA) is 33.1 Å². The summed E-state index contributed by atoms with van der Waals surface area (Å²) in [6.07, 6.45) is 9.01. The van der Waals surface area contributed by atoms with E-state index < -0.39 is 6.10 Å². The van der Waals surface area contributed by atoms with Gasteiger partial charge >= 0.3 is 0 Å². The van der Waals surface area contributed by atoms with E-state index >= 15 is 0 Å². The van der Waals surface area contributed by atoms with E-state index in [2.05, 4.69) is 42.9 Å². The predicted octanol–water partition coefficient (Wildman–Crippen LogP) is 4.53. The quantitative estimate of drug-likeness (QED) is 0.786. The Kier molecular flexibility index (Phi) is 4.77. The number of nitrogens with zero attached hydrogens (tertiary/aromatic N) is 1. The van der Waals surface area contributed by atoms with E-state index in [1.807, 2.05) is 6.07 Å². The third-order valence-corrected chi connectivity index (χ3v) is 4.09. The zero-order chi connectivity index (χ0) is 12.3. The number of hydrogen-bond donors (Lipinski definition) is 1. The summed E-state index contributed by atoms with van der Waals surface area (Å²) in [5, 5.41) is 10.4. The van der Waals surface area contributed by atoms with Gasteiger partial charge in [0.25, 0.3) is 0 Å². The second-order valence-corrected chi connectivity index (χ2v) is 6.07. The molecule has 4 heteroatoms. The van der Waals surface area contributed by atoms with Crippen LogP contribution in [-0.2, 0) is 0 Å². The molecule has 2 rings (SSSR count). The molecule has 0 bridgehead atoms. The number of rotatable bonds is 2. The maximum atomic E-state index is 10.4. The summed E-state index contributed by atoms with van der Waals surface area (Å²) in [5.41, 5.74) is 1.82. The molecule has 0 saturated heterocycles. The van der Waals surface area contributed by atoms with Gasteiger partial charge in [0, 0.05) is 15.1 Å². The Labute approximate surface area is 118 Å². The molecule has 1 unspecified atom stereocenters. The molecule has 0 fully saturated rings. The molecule has 1 atom stereocenters. The molecule has 1 aliphatic carbocycles. The van der Waals surface area contributed by atoms with Crippen molar-refractivity contribution >= 4 is 31.9 Å². The van der Waals surface area contributed by atoms with Gasteiger partial charge in [0.05, 0.1) is 5.69 Å². The molecule has 92 valence electrons. The van der Waals surface area contributed by atoms with Crippen LogP contribution in [0.15, 0.2) is 32.9 Å². The van der Waals surface area contributed by atoms with Crippen molar-refractivity contribution in [3.05, 3.63) is 38.6 Å². The van der Waals surface area contributed by atoms with Crippen molar-refractivity contribution in [3.8, 4) is 0 Å². The Morgan fingerprint density at radius 1 is 1.24 bits per heavy atom. The minimum absolute atomic E-state index is 0.574. The Morgan fingerprint density at radius 3 is 2.82 bits per heavy atom. The van der Waals surface area contributed by atoms with Crippen molar-refractivity contribution < 1.29 is 5.11 Å². The lowest BCUT2D eigenvalue weighted by molar-refractivity contribution is 0.205. The number of halogens is 2. The van der Waals surface area contributed by atoms with Crippen LogP contribution in [0.5, 0.6) is 0 Å². The molecular weight excluding hydrogens is 346 g/mol. The number of aromatic nitrogens is 1. The van der Waals surface area contributed by atoms with Crippen LogP contribution in [0.25, 0.3) is 0 Å². The fourth-order valence-electron chi connectivity index (χ4n) is 2.09. The van der Waals surface area contributed by atoms with E-state index in [0.717, 1.165) is 33.8 Å². The lowest BCUT2D eigenvalue weighted by Crippen LogP contribution is -2.05. The molecule has 0 aliphatic heterocycles. The molecule has 2 nitrogen and oxygen atoms in total. The predicted molar refractivity (Wildman–Crippen MR) is 75.8 cm³/mol. The van der Waals surface area contributed by atoms with Crippen molar-refractivity contribution in [2.24, 2.45) is 0 Å². The Bertz CT molecular complexity index is 431. The molecule has 0 amide bonds. The van der Waals surface area contributed by atoms with Crippen molar-refractivity contribution in [2.75, 3.05) is 0 Å². The van der Waals surface area contributed by atoms with Crippen LogP contribution in [0, 0.1) is 0 Å². The van der Waals surface area contributed by atoms with Crippen molar-refractivity contribution in [1.82, 2.24) is 4.98 Å². The summed E-state index contributed by atoms with van der Waals surface area (Å²) in [7, 11) is 0. The number of aliphatic hydroxyl groups is 1. The summed E-state index contributed by atoms with van der Waals surface area (Å²) in [4.78, 5) is 4.30. The number of allylic oxidation sites excluding steroid dienone is 1. The highest BCUT2D eigenvalue weighted by Crippen LogP contribution is 2.32. The molecule has 0 saturated carbocycles. The van der Waals surface area contributed by atoms with Gasteiger partial charge in [-0.25, -0.2) is 0 Å². The third kappa shape index (κ3) is 3.39. The van der Waals surface area contributed by atoms with Crippen LogP contribution in [0.3, 0.4) is 0 Å². The van der Waals surface area contributed by atoms with Gasteiger partial charge in [0.2, 0.25) is 0 Å². The Balaban J connectivity index is 2.23. The van der Waals surface area contributed by atoms with Gasteiger partial charge in [-0.05, 0) is 69.2 Å². The largest absolute Gasteiger partial charge is 0.382 e. The highest BCUT2D eigenvalue weighted by molar-refractivity contribution is 9.11. The average molecular weight is 361 g/mol. The summed E-state index contributed by atoms with van der Waals surface area (Å²) < 4.78 is 1.76. The fourth-order valence-corrected chi connectivity index (χ4v) is 3.29. The first-order valence-electron chi connectivity index (χ1n) is 5.86. The maximum Gasteiger partial charge on any atom is 0.118 e. The summed E-state index contributed by atoms with van der Waals surface area (Å²) >= 11 is 6.82. The highest BCUT2D eigenvalue weighted by Gasteiger charge is 2.18. The standard InChI is InChI=1S/C13H15Br2NO/c14-10-7-11(15)12(16-8-10)13(17)9-5-3-1-2-4-6-9/h5,7-8,13,17H,1-4,6H2. The highest BCUT2D eigenvalue weighted by atomic mass is 79.9. The minimum Gasteiger partial charge on any atom is -0.382 e. The Hall–Kier alpha value is -0.190. The maximum absolute atomic E-state index is 10.4. The molecule has 1 heterocycles. The monoisotopic (exact) mass is 359 g/mol. The smallest absolute Gasteiger partial charge is 0.118 e. The van der Waals surface area contributed by atoms with Gasteiger partial charge in [-0.1, -0.05) is 12.5 Å². The van der Waals surface area contributed by atoms with Gasteiger partial charge in [-0.3, -0.25) is 4.98 Å². The van der Waals surface area contributed by atoms with Crippen LogP contribution in [0.1, 0.15) is 43.9 Å². The first kappa shape index (κ1) is 13.2. The lowest BCUT2D eigenvalue weighted by atomic mass is 10.0. The van der Waals surface area contributed by atoms with Crippen molar-refractivity contribution in [1.29, 1.82) is 0 Å². The van der Waals surface area contributed by atoms with Crippen LogP contribution in [0.2, 0.25) is 0 Å². The SMILES string of the molecule is OC(C1=CCCCCC1)c1ncc(Br)cc1Br. The van der Waals surface area contributed by atoms with E-state index in [0.29, 0.717) is 5.69 Å². The van der Waals surface area contributed by atoms with Gasteiger partial charge in [-0.2, -0.15) is 0 Å². The van der Waals surface area contributed by atoms with E-state index in [9.17, 15) is 5.11 Å². The van der Waals surface area contributed by atoms with Crippen molar-refractivity contribution in [2.45, 2.75) is 38.2 Å². The first-order valence-corrected chi connectivity index (χ1v) is 7.45. The Morgan fingerprint density at radius 2 is 2.06 bits per heavy atom. The first-order chi connectivity index (χ1) is 8.18. The molecule has 0 spiro atoms. The van der Waals surface area contributed by atoms with Gasteiger partial charge in [0.15, 0.2) is 0 Å². The summed E-state index contributed by atoms with van der Waals surface area (Å²) in [5.74, 6) is 0. The van der Waals surface area contributed by atoms with Crippen LogP contribution in [0.4, 0.5) is 0 Å². The van der Waals surface area contributed by atoms with Crippen LogP contribution in [-0.4, -0.2) is 10.1 Å². The molecule has 1 aliphatic rings. The van der Waals surface area contributed by atoms with Gasteiger partial charge in [-0.15, -0.1) is 0 Å². The van der Waals surface area contributed by atoms with Gasteiger partial charge in [0.1, 0.15) is 6.10 Å². The summed E-state index contributed by atoms with van der Waals surface area (Å²) in [6, 6.07) is 1.92. The van der Waals surface area contributed by atoms with E-state index in [1.54, 1.807) is 6.20 Å². The number of aliphatic hydroxyl groups excluding tert-OH is 1. The third-order valence-electron chi connectivity index (χ3n) is 3.02. The van der Waals surface area contributed by atoms with E-state index in [1.165, 1.54) is 12.8 Å². The molecule has 17 heavy (non-hydrogen) atoms. The molecule has 1 N–H and O–H groups in total. The second kappa shape index (κ2) is 6.12. The lowest BCUT2D eigenvalue weighted by Gasteiger charge is -2.15. The minimum atomic E-state index is -0.574. The summed E-state index contributed by atoms with van der Waals surface area (Å²) in [6.45, 7) is 0. The zero-order valence-corrected chi connectivity index (χ0v) is 12.7. The van der Waals surface area contributed by atoms with Crippen LogP contribution >= 0.6 is 31.9 Å². The molecule has 1 aromatic heterocycles.